The monoisotopic (exact) mass is 451 g/mol. The summed E-state index contributed by atoms with van der Waals surface area (Å²) in [7, 11) is 0. The molecule has 1 saturated carbocycles. The fraction of sp³-hybridized carbons (Fsp3) is 0.214. The second kappa shape index (κ2) is 7.79. The molecule has 0 unspecified atom stereocenters. The lowest BCUT2D eigenvalue weighted by Gasteiger charge is -2.14. The van der Waals surface area contributed by atoms with E-state index in [4.69, 9.17) is 21.3 Å². The summed E-state index contributed by atoms with van der Waals surface area (Å²) in [5.41, 5.74) is 7.88. The first-order valence-corrected chi connectivity index (χ1v) is 11.6. The van der Waals surface area contributed by atoms with Gasteiger partial charge in [0.05, 0.1) is 16.6 Å². The maximum atomic E-state index is 9.70. The standard InChI is InChI=1S/C28H22ClN3O/c1-17(14-30)26-21-12-9-18(13-20(21)16-33-25-8-3-2-5-22(25)26)15-32-24-7-4-6-23(29)27(24)31-28(32)19-10-11-19/h2-9,12-13,19H,10-11,15-16H2,1H3/b26-17+. The number of nitriles is 1. The Morgan fingerprint density at radius 1 is 1.12 bits per heavy atom. The predicted octanol–water partition coefficient (Wildman–Crippen LogP) is 6.85. The fourth-order valence-corrected chi connectivity index (χ4v) is 5.01. The number of hydrogen-bond donors (Lipinski definition) is 0. The van der Waals surface area contributed by atoms with Crippen LogP contribution in [0.3, 0.4) is 0 Å². The zero-order valence-corrected chi connectivity index (χ0v) is 19.1. The predicted molar refractivity (Wildman–Crippen MR) is 130 cm³/mol. The van der Waals surface area contributed by atoms with Crippen molar-refractivity contribution < 1.29 is 4.74 Å². The Labute approximate surface area is 197 Å². The molecule has 0 spiro atoms. The second-order valence-electron chi connectivity index (χ2n) is 8.83. The number of imidazole rings is 1. The molecule has 33 heavy (non-hydrogen) atoms. The third-order valence-electron chi connectivity index (χ3n) is 6.56. The van der Waals surface area contributed by atoms with E-state index in [2.05, 4.69) is 34.9 Å². The SMILES string of the molecule is C/C(C#N)=C1/c2ccc(Cn3c(C4CC4)nc4c(Cl)cccc43)cc2COc2ccccc21. The van der Waals surface area contributed by atoms with E-state index in [9.17, 15) is 5.26 Å². The molecule has 3 aromatic carbocycles. The molecule has 5 heteroatoms. The Morgan fingerprint density at radius 3 is 2.79 bits per heavy atom. The third-order valence-corrected chi connectivity index (χ3v) is 6.87. The van der Waals surface area contributed by atoms with Gasteiger partial charge >= 0.3 is 0 Å². The molecule has 162 valence electrons. The maximum Gasteiger partial charge on any atom is 0.127 e. The molecule has 0 atom stereocenters. The van der Waals surface area contributed by atoms with Gasteiger partial charge in [-0.05, 0) is 60.7 Å². The molecule has 0 amide bonds. The number of benzene rings is 3. The quantitative estimate of drug-likeness (QED) is 0.320. The van der Waals surface area contributed by atoms with Crippen LogP contribution >= 0.6 is 11.6 Å². The van der Waals surface area contributed by atoms with Crippen molar-refractivity contribution in [3.8, 4) is 11.8 Å². The van der Waals surface area contributed by atoms with Gasteiger partial charge in [0.15, 0.2) is 0 Å². The van der Waals surface area contributed by atoms with Gasteiger partial charge < -0.3 is 9.30 Å². The zero-order valence-electron chi connectivity index (χ0n) is 18.3. The van der Waals surface area contributed by atoms with Crippen LogP contribution in [0.5, 0.6) is 5.75 Å². The number of rotatable bonds is 3. The smallest absolute Gasteiger partial charge is 0.127 e. The highest BCUT2D eigenvalue weighted by molar-refractivity contribution is 6.34. The van der Waals surface area contributed by atoms with E-state index in [-0.39, 0.29) is 0 Å². The number of halogens is 1. The topological polar surface area (TPSA) is 50.8 Å². The number of ether oxygens (including phenoxy) is 1. The minimum Gasteiger partial charge on any atom is -0.488 e. The average molecular weight is 452 g/mol. The Bertz CT molecular complexity index is 1490. The van der Waals surface area contributed by atoms with Crippen LogP contribution in [0.2, 0.25) is 5.02 Å². The summed E-state index contributed by atoms with van der Waals surface area (Å²) in [4.78, 5) is 4.91. The molecule has 4 nitrogen and oxygen atoms in total. The minimum absolute atomic E-state index is 0.467. The van der Waals surface area contributed by atoms with Crippen molar-refractivity contribution in [2.45, 2.75) is 38.8 Å². The van der Waals surface area contributed by atoms with Crippen LogP contribution in [0.4, 0.5) is 0 Å². The van der Waals surface area contributed by atoms with E-state index in [1.54, 1.807) is 0 Å². The first kappa shape index (κ1) is 20.1. The van der Waals surface area contributed by atoms with Crippen LogP contribution in [0.15, 0.2) is 66.2 Å². The van der Waals surface area contributed by atoms with Gasteiger partial charge in [-0.25, -0.2) is 4.98 Å². The van der Waals surface area contributed by atoms with Gasteiger partial charge in [0.25, 0.3) is 0 Å². The molecule has 0 bridgehead atoms. The molecule has 1 aliphatic carbocycles. The molecular formula is C28H22ClN3O. The number of hydrogen-bond acceptors (Lipinski definition) is 3. The van der Waals surface area contributed by atoms with Crippen LogP contribution < -0.4 is 4.74 Å². The van der Waals surface area contributed by atoms with E-state index in [0.717, 1.165) is 51.4 Å². The lowest BCUT2D eigenvalue weighted by Crippen LogP contribution is -2.06. The number of aromatic nitrogens is 2. The average Bonchev–Trinajstić information content (AvgIpc) is 3.63. The van der Waals surface area contributed by atoms with E-state index >= 15 is 0 Å². The highest BCUT2D eigenvalue weighted by Crippen LogP contribution is 2.42. The molecule has 6 rings (SSSR count). The van der Waals surface area contributed by atoms with Crippen molar-refractivity contribution in [1.82, 2.24) is 9.55 Å². The number of nitrogens with zero attached hydrogens (tertiary/aromatic N) is 3. The van der Waals surface area contributed by atoms with Crippen LogP contribution in [0, 0.1) is 11.3 Å². The molecule has 1 aromatic heterocycles. The van der Waals surface area contributed by atoms with Crippen molar-refractivity contribution >= 4 is 28.2 Å². The van der Waals surface area contributed by atoms with Crippen molar-refractivity contribution in [2.75, 3.05) is 0 Å². The summed E-state index contributed by atoms with van der Waals surface area (Å²) >= 11 is 6.46. The first-order valence-electron chi connectivity index (χ1n) is 11.2. The lowest BCUT2D eigenvalue weighted by atomic mass is 9.90. The van der Waals surface area contributed by atoms with Crippen LogP contribution in [-0.2, 0) is 13.2 Å². The van der Waals surface area contributed by atoms with E-state index in [1.807, 2.05) is 43.3 Å². The summed E-state index contributed by atoms with van der Waals surface area (Å²) in [5.74, 6) is 2.45. The van der Waals surface area contributed by atoms with Crippen molar-refractivity contribution in [2.24, 2.45) is 0 Å². The van der Waals surface area contributed by atoms with Crippen LogP contribution in [0.1, 0.15) is 53.8 Å². The number of fused-ring (bicyclic) bond motifs is 3. The molecule has 0 radical (unpaired) electrons. The summed E-state index contributed by atoms with van der Waals surface area (Å²) in [6.07, 6.45) is 2.36. The summed E-state index contributed by atoms with van der Waals surface area (Å²) < 4.78 is 8.48. The Hall–Kier alpha value is -3.55. The lowest BCUT2D eigenvalue weighted by molar-refractivity contribution is 0.307. The second-order valence-corrected chi connectivity index (χ2v) is 9.23. The van der Waals surface area contributed by atoms with Gasteiger partial charge in [-0.2, -0.15) is 5.26 Å². The first-order chi connectivity index (χ1) is 16.1. The molecule has 1 aliphatic heterocycles. The molecular weight excluding hydrogens is 430 g/mol. The zero-order chi connectivity index (χ0) is 22.5. The minimum atomic E-state index is 0.467. The van der Waals surface area contributed by atoms with Crippen LogP contribution in [-0.4, -0.2) is 9.55 Å². The summed E-state index contributed by atoms with van der Waals surface area (Å²) in [5, 5.41) is 10.4. The Balaban J connectivity index is 1.46. The normalized spacial score (nSPS) is 16.4. The molecule has 4 aromatic rings. The maximum absolute atomic E-state index is 9.70. The van der Waals surface area contributed by atoms with Gasteiger partial charge in [-0.3, -0.25) is 0 Å². The molecule has 1 fully saturated rings. The van der Waals surface area contributed by atoms with Gasteiger partial charge in [-0.15, -0.1) is 0 Å². The van der Waals surface area contributed by atoms with Crippen molar-refractivity contribution in [1.29, 1.82) is 5.26 Å². The summed E-state index contributed by atoms with van der Waals surface area (Å²) in [6, 6.07) is 22.8. The van der Waals surface area contributed by atoms with Crippen molar-refractivity contribution in [3.05, 3.63) is 99.3 Å². The largest absolute Gasteiger partial charge is 0.488 e. The van der Waals surface area contributed by atoms with E-state index in [1.165, 1.54) is 18.4 Å². The van der Waals surface area contributed by atoms with Gasteiger partial charge in [0.2, 0.25) is 0 Å². The van der Waals surface area contributed by atoms with E-state index in [0.29, 0.717) is 23.1 Å². The molecule has 2 aliphatic rings. The highest BCUT2D eigenvalue weighted by atomic mass is 35.5. The molecule has 0 N–H and O–H groups in total. The molecule has 2 heterocycles. The Kier molecular flexibility index (Phi) is 4.74. The summed E-state index contributed by atoms with van der Waals surface area (Å²) in [6.45, 7) is 3.06. The van der Waals surface area contributed by atoms with Gasteiger partial charge in [0, 0.05) is 29.2 Å². The number of allylic oxidation sites excluding steroid dienone is 1. The third kappa shape index (κ3) is 3.41. The fourth-order valence-electron chi connectivity index (χ4n) is 4.80. The van der Waals surface area contributed by atoms with Gasteiger partial charge in [-0.1, -0.05) is 48.0 Å². The van der Waals surface area contributed by atoms with E-state index < -0.39 is 0 Å². The van der Waals surface area contributed by atoms with Gasteiger partial charge in [0.1, 0.15) is 23.7 Å². The molecule has 0 saturated heterocycles. The van der Waals surface area contributed by atoms with Crippen molar-refractivity contribution in [3.63, 3.8) is 0 Å². The highest BCUT2D eigenvalue weighted by Gasteiger charge is 2.30. The van der Waals surface area contributed by atoms with Crippen LogP contribution in [0.25, 0.3) is 16.6 Å². The Morgan fingerprint density at radius 2 is 1.97 bits per heavy atom. The number of para-hydroxylation sites is 2.